The maximum atomic E-state index is 2.64. The number of fused-ring (bicyclic) bond motifs is 9. The lowest BCUT2D eigenvalue weighted by Gasteiger charge is -2.35. The third kappa shape index (κ3) is 5.56. The van der Waals surface area contributed by atoms with Crippen LogP contribution in [0, 0.1) is 0 Å². The Morgan fingerprint density at radius 3 is 1.13 bits per heavy atom. The molecule has 194 valence electrons. The van der Waals surface area contributed by atoms with Gasteiger partial charge in [-0.25, -0.2) is 0 Å². The van der Waals surface area contributed by atoms with Gasteiger partial charge < -0.3 is 0 Å². The molecule has 0 aromatic heterocycles. The third-order valence-electron chi connectivity index (χ3n) is 8.16. The Morgan fingerprint density at radius 1 is 0.474 bits per heavy atom. The van der Waals surface area contributed by atoms with E-state index in [9.17, 15) is 0 Å². The fraction of sp³-hybridized carbons (Fsp3) is 0.294. The number of benzene rings is 4. The molecule has 0 nitrogen and oxygen atoms in total. The summed E-state index contributed by atoms with van der Waals surface area (Å²) in [4.78, 5) is 0. The number of aryl methyl sites for hydroxylation is 3. The van der Waals surface area contributed by atoms with Gasteiger partial charge in [0.05, 0.1) is 0 Å². The second kappa shape index (κ2) is 12.1. The van der Waals surface area contributed by atoms with Crippen molar-refractivity contribution in [3.8, 4) is 0 Å². The van der Waals surface area contributed by atoms with Crippen LogP contribution in [0.25, 0.3) is 0 Å². The second-order valence-corrected chi connectivity index (χ2v) is 17.8. The van der Waals surface area contributed by atoms with Crippen molar-refractivity contribution in [1.29, 1.82) is 0 Å². The van der Waals surface area contributed by atoms with E-state index >= 15 is 0 Å². The van der Waals surface area contributed by atoms with Crippen LogP contribution in [0.4, 0.5) is 0 Å². The number of rotatable bonds is 0. The molecule has 3 aliphatic rings. The Bertz CT molecular complexity index is 1230. The van der Waals surface area contributed by atoms with Gasteiger partial charge in [0, 0.05) is 17.3 Å². The average molecular weight is 569 g/mol. The van der Waals surface area contributed by atoms with Crippen LogP contribution in [0.2, 0.25) is 6.55 Å². The molecule has 4 aromatic rings. The normalized spacial score (nSPS) is 17.6. The third-order valence-corrected chi connectivity index (χ3v) is 15.9. The Morgan fingerprint density at radius 2 is 0.789 bits per heavy atom. The molecule has 0 spiro atoms. The predicted molar refractivity (Wildman–Crippen MR) is 176 cm³/mol. The zero-order valence-corrected chi connectivity index (χ0v) is 25.7. The van der Waals surface area contributed by atoms with Crippen molar-refractivity contribution in [2.45, 2.75) is 43.1 Å². The van der Waals surface area contributed by atoms with Gasteiger partial charge in [0.25, 0.3) is 0 Å². The van der Waals surface area contributed by atoms with E-state index in [-0.39, 0.29) is 0 Å². The molecule has 0 unspecified atom stereocenters. The van der Waals surface area contributed by atoms with Crippen molar-refractivity contribution in [3.63, 3.8) is 0 Å². The van der Waals surface area contributed by atoms with Crippen molar-refractivity contribution in [2.75, 3.05) is 17.3 Å². The molecule has 0 fully saturated rings. The van der Waals surface area contributed by atoms with Crippen LogP contribution in [0.1, 0.15) is 33.4 Å². The van der Waals surface area contributed by atoms with Crippen LogP contribution in [0.3, 0.4) is 0 Å². The summed E-state index contributed by atoms with van der Waals surface area (Å²) in [6, 6.07) is 35.7. The van der Waals surface area contributed by atoms with E-state index in [1.807, 2.05) is 0 Å². The Kier molecular flexibility index (Phi) is 8.41. The van der Waals surface area contributed by atoms with E-state index in [2.05, 4.69) is 133 Å². The maximum absolute atomic E-state index is 2.64. The molecule has 0 N–H and O–H groups in total. The highest BCUT2D eigenvalue weighted by molar-refractivity contribution is 7.99. The molecule has 3 aliphatic heterocycles. The monoisotopic (exact) mass is 568 g/mol. The minimum atomic E-state index is -2.26. The van der Waals surface area contributed by atoms with Crippen LogP contribution >= 0.6 is 35.3 Å². The lowest BCUT2D eigenvalue weighted by Crippen LogP contribution is -2.67. The SMILES string of the molecule is C[Si]12c3ccccc3CSCCc3cc(cc(c3)CCSCc3ccccc31)CCSCc1ccccc12. The molecule has 0 aliphatic carbocycles. The minimum absolute atomic E-state index is 1.08. The van der Waals surface area contributed by atoms with Gasteiger partial charge in [0.2, 0.25) is 0 Å². The first-order chi connectivity index (χ1) is 18.7. The van der Waals surface area contributed by atoms with E-state index in [1.54, 1.807) is 15.6 Å². The minimum Gasteiger partial charge on any atom is -0.157 e. The van der Waals surface area contributed by atoms with Gasteiger partial charge in [-0.2, -0.15) is 35.3 Å². The molecular formula is C34H36S3Si. The van der Waals surface area contributed by atoms with Gasteiger partial charge in [0.15, 0.2) is 0 Å². The summed E-state index contributed by atoms with van der Waals surface area (Å²) in [5.74, 6) is 6.77. The van der Waals surface area contributed by atoms with Crippen LogP contribution in [-0.4, -0.2) is 25.3 Å². The zero-order valence-electron chi connectivity index (χ0n) is 22.2. The predicted octanol–water partition coefficient (Wildman–Crippen LogP) is 6.84. The van der Waals surface area contributed by atoms with Crippen molar-refractivity contribution in [2.24, 2.45) is 0 Å². The zero-order chi connectivity index (χ0) is 25.8. The van der Waals surface area contributed by atoms with E-state index in [1.165, 1.54) is 50.6 Å². The number of hydrogen-bond acceptors (Lipinski definition) is 3. The summed E-state index contributed by atoms with van der Waals surface area (Å²) in [7, 11) is -2.26. The van der Waals surface area contributed by atoms with Crippen molar-refractivity contribution in [1.82, 2.24) is 0 Å². The Balaban J connectivity index is 1.59. The first kappa shape index (κ1) is 26.4. The van der Waals surface area contributed by atoms with Gasteiger partial charge in [-0.1, -0.05) is 97.5 Å². The number of thioether (sulfide) groups is 3. The standard InChI is InChI=1S/C34H36S3Si/c1-38-32-11-5-2-8-29(32)23-35-17-14-26-20-27(15-18-36-24-30-9-3-6-12-33(30)38)22-28(21-26)16-19-37-25-31-10-4-7-13-34(31)38/h2-13,20-22H,14-19,23-25H2,1H3. The fourth-order valence-electron chi connectivity index (χ4n) is 6.23. The molecule has 4 aromatic carbocycles. The smallest absolute Gasteiger partial charge is 0.146 e. The molecule has 0 atom stereocenters. The topological polar surface area (TPSA) is 0 Å². The van der Waals surface area contributed by atoms with E-state index in [0.717, 1.165) is 36.5 Å². The fourth-order valence-corrected chi connectivity index (χ4v) is 14.2. The molecule has 38 heavy (non-hydrogen) atoms. The molecule has 4 heteroatoms. The molecule has 0 amide bonds. The van der Waals surface area contributed by atoms with E-state index in [4.69, 9.17) is 0 Å². The highest BCUT2D eigenvalue weighted by atomic mass is 32.2. The molecule has 0 radical (unpaired) electrons. The average Bonchev–Trinajstić information content (AvgIpc) is 2.95. The van der Waals surface area contributed by atoms with Crippen LogP contribution < -0.4 is 15.6 Å². The summed E-state index contributed by atoms with van der Waals surface area (Å²) in [5, 5.41) is 4.81. The summed E-state index contributed by atoms with van der Waals surface area (Å²) in [5.41, 5.74) is 9.19. The lowest BCUT2D eigenvalue weighted by molar-refractivity contribution is 1.06. The van der Waals surface area contributed by atoms with Gasteiger partial charge in [0.1, 0.15) is 8.07 Å². The summed E-state index contributed by atoms with van der Waals surface area (Å²) < 4.78 is 0. The lowest BCUT2D eigenvalue weighted by atomic mass is 10.0. The number of hydrogen-bond donors (Lipinski definition) is 0. The van der Waals surface area contributed by atoms with Crippen LogP contribution in [0.15, 0.2) is 91.0 Å². The molecule has 0 saturated heterocycles. The van der Waals surface area contributed by atoms with Crippen molar-refractivity contribution in [3.05, 3.63) is 124 Å². The van der Waals surface area contributed by atoms with Crippen molar-refractivity contribution < 1.29 is 0 Å². The maximum Gasteiger partial charge on any atom is 0.146 e. The van der Waals surface area contributed by atoms with E-state index < -0.39 is 8.07 Å². The summed E-state index contributed by atoms with van der Waals surface area (Å²) in [6.07, 6.45) is 3.48. The van der Waals surface area contributed by atoms with Gasteiger partial charge in [-0.3, -0.25) is 0 Å². The summed E-state index contributed by atoms with van der Waals surface area (Å²) >= 11 is 6.33. The summed E-state index contributed by atoms with van der Waals surface area (Å²) in [6.45, 7) is 2.64. The van der Waals surface area contributed by atoms with Crippen molar-refractivity contribution >= 4 is 58.9 Å². The van der Waals surface area contributed by atoms with Gasteiger partial charge >= 0.3 is 0 Å². The van der Waals surface area contributed by atoms with Crippen LogP contribution in [-0.2, 0) is 36.5 Å². The molecule has 7 rings (SSSR count). The highest BCUT2D eigenvalue weighted by Gasteiger charge is 2.38. The molecule has 3 heterocycles. The largest absolute Gasteiger partial charge is 0.157 e. The molecular weight excluding hydrogens is 533 g/mol. The Labute approximate surface area is 242 Å². The molecule has 0 saturated carbocycles. The second-order valence-electron chi connectivity index (χ2n) is 10.7. The quantitative estimate of drug-likeness (QED) is 0.213. The van der Waals surface area contributed by atoms with Gasteiger partial charge in [-0.15, -0.1) is 0 Å². The first-order valence-corrected chi connectivity index (χ1v) is 19.8. The first-order valence-electron chi connectivity index (χ1n) is 13.8. The Hall–Kier alpha value is -1.85. The molecule has 4 bridgehead atoms. The van der Waals surface area contributed by atoms with E-state index in [0.29, 0.717) is 0 Å². The van der Waals surface area contributed by atoms with Gasteiger partial charge in [-0.05, 0) is 85.5 Å². The highest BCUT2D eigenvalue weighted by Crippen LogP contribution is 2.25. The van der Waals surface area contributed by atoms with Crippen LogP contribution in [0.5, 0.6) is 0 Å².